The second kappa shape index (κ2) is 5.39. The molecule has 0 fully saturated rings. The summed E-state index contributed by atoms with van der Waals surface area (Å²) in [6.45, 7) is 6.58. The molecular formula is C12H17NO2. The summed E-state index contributed by atoms with van der Waals surface area (Å²) in [5.74, 6) is -0.270. The Hall–Kier alpha value is -1.51. The maximum absolute atomic E-state index is 11.5. The van der Waals surface area contributed by atoms with Crippen molar-refractivity contribution in [1.82, 2.24) is 0 Å². The van der Waals surface area contributed by atoms with E-state index < -0.39 is 0 Å². The van der Waals surface area contributed by atoms with E-state index in [4.69, 9.17) is 4.74 Å². The average Bonchev–Trinajstić information content (AvgIpc) is 2.18. The molecule has 0 aliphatic heterocycles. The van der Waals surface area contributed by atoms with E-state index in [1.54, 1.807) is 12.1 Å². The highest BCUT2D eigenvalue weighted by molar-refractivity contribution is 5.89. The first-order valence-electron chi connectivity index (χ1n) is 5.18. The third kappa shape index (κ3) is 3.62. The first-order valence-corrected chi connectivity index (χ1v) is 5.18. The molecule has 0 radical (unpaired) electrons. The lowest BCUT2D eigenvalue weighted by Crippen LogP contribution is -2.11. The third-order valence-corrected chi connectivity index (χ3v) is 1.84. The average molecular weight is 207 g/mol. The van der Waals surface area contributed by atoms with Gasteiger partial charge in [0.2, 0.25) is 0 Å². The van der Waals surface area contributed by atoms with Crippen LogP contribution in [0.25, 0.3) is 0 Å². The van der Waals surface area contributed by atoms with Crippen molar-refractivity contribution < 1.29 is 9.53 Å². The molecular weight excluding hydrogens is 190 g/mol. The van der Waals surface area contributed by atoms with Gasteiger partial charge in [-0.15, -0.1) is 0 Å². The van der Waals surface area contributed by atoms with Crippen molar-refractivity contribution in [3.8, 4) is 0 Å². The van der Waals surface area contributed by atoms with E-state index in [0.717, 1.165) is 12.2 Å². The van der Waals surface area contributed by atoms with Crippen LogP contribution in [-0.2, 0) is 4.74 Å². The number of benzene rings is 1. The first kappa shape index (κ1) is 11.6. The summed E-state index contributed by atoms with van der Waals surface area (Å²) in [6.07, 6.45) is -0.0778. The van der Waals surface area contributed by atoms with Crippen molar-refractivity contribution >= 4 is 11.7 Å². The SMILES string of the molecule is CCNc1ccc(C(=O)OC(C)C)cc1. The summed E-state index contributed by atoms with van der Waals surface area (Å²) in [4.78, 5) is 11.5. The van der Waals surface area contributed by atoms with Gasteiger partial charge in [-0.25, -0.2) is 4.79 Å². The van der Waals surface area contributed by atoms with Crippen LogP contribution in [0, 0.1) is 0 Å². The van der Waals surface area contributed by atoms with E-state index in [2.05, 4.69) is 5.32 Å². The smallest absolute Gasteiger partial charge is 0.338 e. The molecule has 0 aliphatic rings. The Morgan fingerprint density at radius 1 is 1.33 bits per heavy atom. The molecule has 0 aromatic heterocycles. The first-order chi connectivity index (χ1) is 7.13. The van der Waals surface area contributed by atoms with Gasteiger partial charge in [-0.2, -0.15) is 0 Å². The molecule has 1 aromatic carbocycles. The molecule has 1 rings (SSSR count). The van der Waals surface area contributed by atoms with Gasteiger partial charge < -0.3 is 10.1 Å². The van der Waals surface area contributed by atoms with E-state index in [1.165, 1.54) is 0 Å². The van der Waals surface area contributed by atoms with Gasteiger partial charge in [-0.05, 0) is 45.0 Å². The van der Waals surface area contributed by atoms with Crippen molar-refractivity contribution in [2.75, 3.05) is 11.9 Å². The Kier molecular flexibility index (Phi) is 4.16. The Morgan fingerprint density at radius 3 is 2.40 bits per heavy atom. The predicted molar refractivity (Wildman–Crippen MR) is 61.2 cm³/mol. The highest BCUT2D eigenvalue weighted by Gasteiger charge is 2.08. The summed E-state index contributed by atoms with van der Waals surface area (Å²) in [6, 6.07) is 7.28. The molecule has 0 amide bonds. The van der Waals surface area contributed by atoms with Gasteiger partial charge in [-0.3, -0.25) is 0 Å². The lowest BCUT2D eigenvalue weighted by molar-refractivity contribution is 0.0378. The number of esters is 1. The minimum absolute atomic E-state index is 0.0778. The molecule has 0 unspecified atom stereocenters. The standard InChI is InChI=1S/C12H17NO2/c1-4-13-11-7-5-10(6-8-11)12(14)15-9(2)3/h5-9,13H,4H2,1-3H3. The zero-order chi connectivity index (χ0) is 11.3. The summed E-state index contributed by atoms with van der Waals surface area (Å²) >= 11 is 0. The van der Waals surface area contributed by atoms with Gasteiger partial charge >= 0.3 is 5.97 Å². The Morgan fingerprint density at radius 2 is 1.93 bits per heavy atom. The number of anilines is 1. The Labute approximate surface area is 90.4 Å². The second-order valence-corrected chi connectivity index (χ2v) is 3.56. The van der Waals surface area contributed by atoms with Crippen molar-refractivity contribution in [1.29, 1.82) is 0 Å². The van der Waals surface area contributed by atoms with E-state index in [0.29, 0.717) is 5.56 Å². The van der Waals surface area contributed by atoms with Crippen LogP contribution < -0.4 is 5.32 Å². The number of hydrogen-bond donors (Lipinski definition) is 1. The maximum atomic E-state index is 11.5. The third-order valence-electron chi connectivity index (χ3n) is 1.84. The number of nitrogens with one attached hydrogen (secondary N) is 1. The minimum Gasteiger partial charge on any atom is -0.459 e. The molecule has 82 valence electrons. The fourth-order valence-corrected chi connectivity index (χ4v) is 1.21. The molecule has 3 heteroatoms. The van der Waals surface area contributed by atoms with Crippen molar-refractivity contribution in [2.45, 2.75) is 26.9 Å². The highest BCUT2D eigenvalue weighted by Crippen LogP contribution is 2.10. The lowest BCUT2D eigenvalue weighted by Gasteiger charge is -2.08. The quantitative estimate of drug-likeness (QED) is 0.771. The molecule has 1 N–H and O–H groups in total. The van der Waals surface area contributed by atoms with Crippen LogP contribution in [0.3, 0.4) is 0 Å². The van der Waals surface area contributed by atoms with E-state index in [9.17, 15) is 4.79 Å². The van der Waals surface area contributed by atoms with Crippen molar-refractivity contribution in [3.05, 3.63) is 29.8 Å². The molecule has 15 heavy (non-hydrogen) atoms. The molecule has 0 saturated heterocycles. The Bertz CT molecular complexity index is 317. The van der Waals surface area contributed by atoms with Crippen LogP contribution in [0.15, 0.2) is 24.3 Å². The molecule has 0 aliphatic carbocycles. The van der Waals surface area contributed by atoms with E-state index in [1.807, 2.05) is 32.9 Å². The number of carbonyl (C=O) groups is 1. The lowest BCUT2D eigenvalue weighted by atomic mass is 10.2. The predicted octanol–water partition coefficient (Wildman–Crippen LogP) is 2.68. The van der Waals surface area contributed by atoms with Crippen molar-refractivity contribution in [2.24, 2.45) is 0 Å². The largest absolute Gasteiger partial charge is 0.459 e. The van der Waals surface area contributed by atoms with Crippen LogP contribution in [0.1, 0.15) is 31.1 Å². The normalized spacial score (nSPS) is 10.1. The number of carbonyl (C=O) groups excluding carboxylic acids is 1. The van der Waals surface area contributed by atoms with E-state index in [-0.39, 0.29) is 12.1 Å². The van der Waals surface area contributed by atoms with Gasteiger partial charge in [0.05, 0.1) is 11.7 Å². The van der Waals surface area contributed by atoms with Gasteiger partial charge in [0, 0.05) is 12.2 Å². The zero-order valence-electron chi connectivity index (χ0n) is 9.41. The van der Waals surface area contributed by atoms with Crippen LogP contribution in [-0.4, -0.2) is 18.6 Å². The molecule has 0 bridgehead atoms. The summed E-state index contributed by atoms with van der Waals surface area (Å²) in [5, 5.41) is 3.16. The molecule has 0 atom stereocenters. The van der Waals surface area contributed by atoms with Crippen LogP contribution >= 0.6 is 0 Å². The molecule has 0 saturated carbocycles. The van der Waals surface area contributed by atoms with Gasteiger partial charge in [0.25, 0.3) is 0 Å². The monoisotopic (exact) mass is 207 g/mol. The molecule has 3 nitrogen and oxygen atoms in total. The number of hydrogen-bond acceptors (Lipinski definition) is 3. The second-order valence-electron chi connectivity index (χ2n) is 3.56. The van der Waals surface area contributed by atoms with E-state index >= 15 is 0 Å². The van der Waals surface area contributed by atoms with Crippen molar-refractivity contribution in [3.63, 3.8) is 0 Å². The van der Waals surface area contributed by atoms with Crippen LogP contribution in [0.4, 0.5) is 5.69 Å². The summed E-state index contributed by atoms with van der Waals surface area (Å²) < 4.78 is 5.08. The maximum Gasteiger partial charge on any atom is 0.338 e. The van der Waals surface area contributed by atoms with Crippen LogP contribution in [0.5, 0.6) is 0 Å². The van der Waals surface area contributed by atoms with Gasteiger partial charge in [0.1, 0.15) is 0 Å². The fraction of sp³-hybridized carbons (Fsp3) is 0.417. The highest BCUT2D eigenvalue weighted by atomic mass is 16.5. The fourth-order valence-electron chi connectivity index (χ4n) is 1.21. The topological polar surface area (TPSA) is 38.3 Å². The minimum atomic E-state index is -0.270. The number of rotatable bonds is 4. The molecule has 0 heterocycles. The zero-order valence-corrected chi connectivity index (χ0v) is 9.41. The van der Waals surface area contributed by atoms with Gasteiger partial charge in [0.15, 0.2) is 0 Å². The molecule has 1 aromatic rings. The van der Waals surface area contributed by atoms with Gasteiger partial charge in [-0.1, -0.05) is 0 Å². The summed E-state index contributed by atoms with van der Waals surface area (Å²) in [5.41, 5.74) is 1.60. The number of ether oxygens (including phenoxy) is 1. The summed E-state index contributed by atoms with van der Waals surface area (Å²) in [7, 11) is 0. The van der Waals surface area contributed by atoms with Crippen LogP contribution in [0.2, 0.25) is 0 Å². The Balaban J connectivity index is 2.67. The molecule has 0 spiro atoms.